The number of hydrogen-bond donors (Lipinski definition) is 1. The van der Waals surface area contributed by atoms with Gasteiger partial charge in [0, 0.05) is 17.3 Å². The Bertz CT molecular complexity index is 733. The number of pyridine rings is 1. The minimum Gasteiger partial charge on any atom is -0.507 e. The molecule has 5 heteroatoms. The highest BCUT2D eigenvalue weighted by atomic mass is 16.3. The van der Waals surface area contributed by atoms with Crippen molar-refractivity contribution in [1.82, 2.24) is 9.88 Å². The van der Waals surface area contributed by atoms with Crippen molar-refractivity contribution in [2.24, 2.45) is 0 Å². The van der Waals surface area contributed by atoms with E-state index in [-0.39, 0.29) is 24.1 Å². The number of fused-ring (bicyclic) bond motifs is 1. The molecule has 1 aromatic heterocycles. The van der Waals surface area contributed by atoms with E-state index in [0.717, 1.165) is 4.90 Å². The van der Waals surface area contributed by atoms with Crippen LogP contribution in [0.15, 0.2) is 30.5 Å². The van der Waals surface area contributed by atoms with Gasteiger partial charge >= 0.3 is 0 Å². The Hall–Kier alpha value is -2.69. The van der Waals surface area contributed by atoms with Gasteiger partial charge in [-0.1, -0.05) is 12.1 Å². The monoisotopic (exact) mass is 282 g/mol. The van der Waals surface area contributed by atoms with Crippen LogP contribution in [-0.4, -0.2) is 26.8 Å². The van der Waals surface area contributed by atoms with Gasteiger partial charge in [0.25, 0.3) is 11.8 Å². The average Bonchev–Trinajstić information content (AvgIpc) is 2.73. The minimum atomic E-state index is -0.322. The van der Waals surface area contributed by atoms with Crippen LogP contribution in [0.1, 0.15) is 37.5 Å². The van der Waals surface area contributed by atoms with Crippen molar-refractivity contribution in [1.29, 1.82) is 0 Å². The summed E-state index contributed by atoms with van der Waals surface area (Å²) in [5.74, 6) is -0.495. The molecule has 3 rings (SSSR count). The molecule has 0 unspecified atom stereocenters. The number of hydrogen-bond acceptors (Lipinski definition) is 4. The summed E-state index contributed by atoms with van der Waals surface area (Å²) in [4.78, 5) is 30.0. The van der Waals surface area contributed by atoms with Gasteiger partial charge in [0.1, 0.15) is 5.75 Å². The number of rotatable bonds is 2. The number of aromatic nitrogens is 1. The fourth-order valence-electron chi connectivity index (χ4n) is 2.46. The lowest BCUT2D eigenvalue weighted by atomic mass is 10.1. The standard InChI is InChI=1S/C16H14N2O3/c1-9-7-17-13(10(2)14(9)19)8-18-15(20)11-5-3-4-6-12(11)16(18)21/h3-7H,8H2,1-2H3,(H,17,19). The summed E-state index contributed by atoms with van der Waals surface area (Å²) in [5, 5.41) is 9.94. The lowest BCUT2D eigenvalue weighted by molar-refractivity contribution is 0.0640. The summed E-state index contributed by atoms with van der Waals surface area (Å²) in [5.41, 5.74) is 2.60. The van der Waals surface area contributed by atoms with Crippen molar-refractivity contribution in [3.8, 4) is 5.75 Å². The van der Waals surface area contributed by atoms with Crippen molar-refractivity contribution in [3.63, 3.8) is 0 Å². The quantitative estimate of drug-likeness (QED) is 0.857. The fourth-order valence-corrected chi connectivity index (χ4v) is 2.46. The number of imide groups is 1. The zero-order valence-corrected chi connectivity index (χ0v) is 11.8. The van der Waals surface area contributed by atoms with Crippen LogP contribution in [0.25, 0.3) is 0 Å². The highest BCUT2D eigenvalue weighted by molar-refractivity contribution is 6.21. The molecule has 0 saturated carbocycles. The number of carbonyl (C=O) groups excluding carboxylic acids is 2. The smallest absolute Gasteiger partial charge is 0.261 e. The Kier molecular flexibility index (Phi) is 2.97. The summed E-state index contributed by atoms with van der Waals surface area (Å²) in [7, 11) is 0. The van der Waals surface area contributed by atoms with Gasteiger partial charge in [-0.3, -0.25) is 19.5 Å². The second kappa shape index (κ2) is 4.70. The largest absolute Gasteiger partial charge is 0.507 e. The molecule has 5 nitrogen and oxygen atoms in total. The van der Waals surface area contributed by atoms with Gasteiger partial charge in [0.05, 0.1) is 23.4 Å². The SMILES string of the molecule is Cc1cnc(CN2C(=O)c3ccccc3C2=O)c(C)c1O. The summed E-state index contributed by atoms with van der Waals surface area (Å²) in [6.07, 6.45) is 1.54. The van der Waals surface area contributed by atoms with Gasteiger partial charge in [-0.05, 0) is 26.0 Å². The molecule has 2 heterocycles. The Labute approximate surface area is 121 Å². The van der Waals surface area contributed by atoms with E-state index in [0.29, 0.717) is 27.9 Å². The lowest BCUT2D eigenvalue weighted by Gasteiger charge is -2.15. The van der Waals surface area contributed by atoms with E-state index in [1.807, 2.05) is 0 Å². The third-order valence-electron chi connectivity index (χ3n) is 3.76. The van der Waals surface area contributed by atoms with Crippen molar-refractivity contribution in [2.45, 2.75) is 20.4 Å². The Morgan fingerprint density at radius 2 is 1.67 bits per heavy atom. The molecule has 2 amide bonds. The molecule has 0 bridgehead atoms. The van der Waals surface area contributed by atoms with Gasteiger partial charge in [-0.25, -0.2) is 0 Å². The number of nitrogens with zero attached hydrogens (tertiary/aromatic N) is 2. The predicted molar refractivity (Wildman–Crippen MR) is 76.0 cm³/mol. The van der Waals surface area contributed by atoms with Crippen LogP contribution < -0.4 is 0 Å². The maximum atomic E-state index is 12.3. The molecular formula is C16H14N2O3. The zero-order chi connectivity index (χ0) is 15.1. The molecule has 1 aliphatic rings. The van der Waals surface area contributed by atoms with Crippen LogP contribution in [0.5, 0.6) is 5.75 Å². The number of carbonyl (C=O) groups is 2. The van der Waals surface area contributed by atoms with Crippen LogP contribution in [0.4, 0.5) is 0 Å². The topological polar surface area (TPSA) is 70.5 Å². The van der Waals surface area contributed by atoms with Crippen LogP contribution in [0.2, 0.25) is 0 Å². The van der Waals surface area contributed by atoms with E-state index >= 15 is 0 Å². The maximum absolute atomic E-state index is 12.3. The van der Waals surface area contributed by atoms with Gasteiger partial charge in [0.15, 0.2) is 0 Å². The molecule has 21 heavy (non-hydrogen) atoms. The van der Waals surface area contributed by atoms with Crippen molar-refractivity contribution in [3.05, 3.63) is 58.4 Å². The predicted octanol–water partition coefficient (Wildman–Crippen LogP) is 2.20. The normalized spacial score (nSPS) is 13.7. The molecule has 0 spiro atoms. The van der Waals surface area contributed by atoms with Gasteiger partial charge in [0.2, 0.25) is 0 Å². The molecule has 0 radical (unpaired) electrons. The lowest BCUT2D eigenvalue weighted by Crippen LogP contribution is -2.29. The van der Waals surface area contributed by atoms with Crippen LogP contribution in [-0.2, 0) is 6.54 Å². The molecule has 0 atom stereocenters. The number of aryl methyl sites for hydroxylation is 1. The second-order valence-electron chi connectivity index (χ2n) is 5.10. The Morgan fingerprint density at radius 1 is 1.10 bits per heavy atom. The molecular weight excluding hydrogens is 268 g/mol. The molecule has 1 N–H and O–H groups in total. The van der Waals surface area contributed by atoms with Crippen molar-refractivity contribution >= 4 is 11.8 Å². The third-order valence-corrected chi connectivity index (χ3v) is 3.76. The second-order valence-corrected chi connectivity index (χ2v) is 5.10. The number of benzene rings is 1. The molecule has 106 valence electrons. The first-order chi connectivity index (χ1) is 10.0. The molecule has 1 aromatic carbocycles. The third kappa shape index (κ3) is 1.98. The number of aromatic hydroxyl groups is 1. The van der Waals surface area contributed by atoms with E-state index in [9.17, 15) is 14.7 Å². The minimum absolute atomic E-state index is 0.0615. The van der Waals surface area contributed by atoms with Crippen LogP contribution in [0.3, 0.4) is 0 Å². The number of amides is 2. The summed E-state index contributed by atoms with van der Waals surface area (Å²) >= 11 is 0. The summed E-state index contributed by atoms with van der Waals surface area (Å²) < 4.78 is 0. The molecule has 0 aliphatic carbocycles. The van der Waals surface area contributed by atoms with E-state index in [2.05, 4.69) is 4.98 Å². The van der Waals surface area contributed by atoms with E-state index in [4.69, 9.17) is 0 Å². The summed E-state index contributed by atoms with van der Waals surface area (Å²) in [6, 6.07) is 6.74. The average molecular weight is 282 g/mol. The molecule has 1 aliphatic heterocycles. The first-order valence-electron chi connectivity index (χ1n) is 6.60. The van der Waals surface area contributed by atoms with E-state index in [1.165, 1.54) is 6.20 Å². The van der Waals surface area contributed by atoms with Crippen molar-refractivity contribution in [2.75, 3.05) is 0 Å². The Morgan fingerprint density at radius 3 is 2.24 bits per heavy atom. The first kappa shape index (κ1) is 13.3. The highest BCUT2D eigenvalue weighted by Gasteiger charge is 2.35. The van der Waals surface area contributed by atoms with Gasteiger partial charge in [-0.2, -0.15) is 0 Å². The zero-order valence-electron chi connectivity index (χ0n) is 11.8. The molecule has 2 aromatic rings. The molecule has 0 fully saturated rings. The van der Waals surface area contributed by atoms with E-state index < -0.39 is 0 Å². The summed E-state index contributed by atoms with van der Waals surface area (Å²) in [6.45, 7) is 3.54. The van der Waals surface area contributed by atoms with Gasteiger partial charge in [-0.15, -0.1) is 0 Å². The Balaban J connectivity index is 1.96. The van der Waals surface area contributed by atoms with Crippen LogP contribution in [0, 0.1) is 13.8 Å². The maximum Gasteiger partial charge on any atom is 0.261 e. The highest BCUT2D eigenvalue weighted by Crippen LogP contribution is 2.27. The van der Waals surface area contributed by atoms with Gasteiger partial charge < -0.3 is 5.11 Å². The van der Waals surface area contributed by atoms with Crippen LogP contribution >= 0.6 is 0 Å². The van der Waals surface area contributed by atoms with E-state index in [1.54, 1.807) is 38.1 Å². The molecule has 0 saturated heterocycles. The fraction of sp³-hybridized carbons (Fsp3) is 0.188. The first-order valence-corrected chi connectivity index (χ1v) is 6.60. The van der Waals surface area contributed by atoms with Crippen molar-refractivity contribution < 1.29 is 14.7 Å².